The highest BCUT2D eigenvalue weighted by Gasteiger charge is 2.11. The Kier molecular flexibility index (Phi) is 4.96. The van der Waals surface area contributed by atoms with Crippen LogP contribution in [0.15, 0.2) is 29.0 Å². The van der Waals surface area contributed by atoms with Crippen molar-refractivity contribution in [2.24, 2.45) is 0 Å². The first-order chi connectivity index (χ1) is 9.11. The molecular weight excluding hydrogens is 328 g/mol. The highest BCUT2D eigenvalue weighted by atomic mass is 79.9. The third-order valence-electron chi connectivity index (χ3n) is 3.03. The number of halogens is 2. The van der Waals surface area contributed by atoms with Gasteiger partial charge in [-0.2, -0.15) is 0 Å². The Morgan fingerprint density at radius 3 is 2.95 bits per heavy atom. The van der Waals surface area contributed by atoms with Gasteiger partial charge in [0.2, 0.25) is 0 Å². The average molecular weight is 344 g/mol. The first-order valence-corrected chi connectivity index (χ1v) is 7.34. The summed E-state index contributed by atoms with van der Waals surface area (Å²) in [4.78, 5) is 0. The summed E-state index contributed by atoms with van der Waals surface area (Å²) < 4.78 is 3.00. The normalized spacial score (nSPS) is 12.6. The van der Waals surface area contributed by atoms with E-state index in [0.717, 1.165) is 27.4 Å². The van der Waals surface area contributed by atoms with E-state index in [9.17, 15) is 0 Å². The highest BCUT2D eigenvalue weighted by Crippen LogP contribution is 2.26. The van der Waals surface area contributed by atoms with Crippen LogP contribution in [0.5, 0.6) is 0 Å². The van der Waals surface area contributed by atoms with Gasteiger partial charge in [0.05, 0.1) is 6.54 Å². The Bertz CT molecular complexity index is 555. The second-order valence-electron chi connectivity index (χ2n) is 4.30. The molecule has 1 unspecified atom stereocenters. The lowest BCUT2D eigenvalue weighted by atomic mass is 10.1. The number of aromatic nitrogens is 3. The van der Waals surface area contributed by atoms with Crippen molar-refractivity contribution in [2.45, 2.75) is 33.0 Å². The number of aryl methyl sites for hydroxylation is 1. The van der Waals surface area contributed by atoms with Crippen LogP contribution in [0.4, 0.5) is 0 Å². The van der Waals surface area contributed by atoms with Gasteiger partial charge < -0.3 is 9.88 Å². The molecule has 0 aliphatic heterocycles. The molecule has 19 heavy (non-hydrogen) atoms. The van der Waals surface area contributed by atoms with Crippen LogP contribution in [0, 0.1) is 0 Å². The monoisotopic (exact) mass is 342 g/mol. The van der Waals surface area contributed by atoms with Crippen molar-refractivity contribution in [3.8, 4) is 0 Å². The number of rotatable bonds is 5. The molecule has 1 N–H and O–H groups in total. The fraction of sp³-hybridized carbons (Fsp3) is 0.385. The van der Waals surface area contributed by atoms with Gasteiger partial charge in [-0.05, 0) is 31.5 Å². The number of nitrogens with zero attached hydrogens (tertiary/aromatic N) is 3. The molecule has 6 heteroatoms. The zero-order valence-electron chi connectivity index (χ0n) is 10.9. The number of hydrogen-bond acceptors (Lipinski definition) is 3. The predicted molar refractivity (Wildman–Crippen MR) is 80.1 cm³/mol. The van der Waals surface area contributed by atoms with Gasteiger partial charge in [0.25, 0.3) is 0 Å². The summed E-state index contributed by atoms with van der Waals surface area (Å²) in [5.74, 6) is 0.933. The van der Waals surface area contributed by atoms with Gasteiger partial charge in [0.1, 0.15) is 12.2 Å². The maximum atomic E-state index is 6.24. The van der Waals surface area contributed by atoms with Crippen LogP contribution in [0.2, 0.25) is 5.02 Å². The lowest BCUT2D eigenvalue weighted by Gasteiger charge is -2.15. The summed E-state index contributed by atoms with van der Waals surface area (Å²) in [7, 11) is 0. The van der Waals surface area contributed by atoms with Gasteiger partial charge >= 0.3 is 0 Å². The van der Waals surface area contributed by atoms with Crippen molar-refractivity contribution in [3.05, 3.63) is 45.4 Å². The molecule has 0 fully saturated rings. The summed E-state index contributed by atoms with van der Waals surface area (Å²) in [6.45, 7) is 5.70. The minimum atomic E-state index is 0.155. The van der Waals surface area contributed by atoms with Gasteiger partial charge in [0, 0.05) is 22.1 Å². The van der Waals surface area contributed by atoms with E-state index in [1.165, 1.54) is 0 Å². The van der Waals surface area contributed by atoms with Gasteiger partial charge in [-0.1, -0.05) is 33.6 Å². The summed E-state index contributed by atoms with van der Waals surface area (Å²) in [5.41, 5.74) is 1.08. The van der Waals surface area contributed by atoms with Crippen LogP contribution in [0.25, 0.3) is 0 Å². The second-order valence-corrected chi connectivity index (χ2v) is 5.62. The lowest BCUT2D eigenvalue weighted by Crippen LogP contribution is -2.20. The fourth-order valence-electron chi connectivity index (χ4n) is 1.89. The van der Waals surface area contributed by atoms with E-state index in [4.69, 9.17) is 11.6 Å². The third-order valence-corrected chi connectivity index (χ3v) is 3.85. The molecule has 1 heterocycles. The van der Waals surface area contributed by atoms with E-state index in [2.05, 4.69) is 45.3 Å². The van der Waals surface area contributed by atoms with Crippen LogP contribution in [0.1, 0.15) is 31.3 Å². The quantitative estimate of drug-likeness (QED) is 0.902. The minimum absolute atomic E-state index is 0.155. The zero-order chi connectivity index (χ0) is 13.8. The molecule has 0 aliphatic carbocycles. The largest absolute Gasteiger partial charge is 0.317 e. The molecular formula is C13H16BrClN4. The maximum absolute atomic E-state index is 6.24. The molecule has 1 atom stereocenters. The summed E-state index contributed by atoms with van der Waals surface area (Å²) in [5, 5.41) is 12.2. The van der Waals surface area contributed by atoms with Crippen molar-refractivity contribution in [1.82, 2.24) is 20.1 Å². The summed E-state index contributed by atoms with van der Waals surface area (Å²) in [6, 6.07) is 6.08. The van der Waals surface area contributed by atoms with Crippen molar-refractivity contribution in [3.63, 3.8) is 0 Å². The van der Waals surface area contributed by atoms with E-state index >= 15 is 0 Å². The fourth-order valence-corrected chi connectivity index (χ4v) is 2.72. The first-order valence-electron chi connectivity index (χ1n) is 6.16. The van der Waals surface area contributed by atoms with Gasteiger partial charge in [-0.25, -0.2) is 0 Å². The van der Waals surface area contributed by atoms with Crippen molar-refractivity contribution in [1.29, 1.82) is 0 Å². The molecule has 0 amide bonds. The molecule has 2 rings (SSSR count). The maximum Gasteiger partial charge on any atom is 0.146 e. The molecule has 4 nitrogen and oxygen atoms in total. The number of hydrogen-bond donors (Lipinski definition) is 1. The van der Waals surface area contributed by atoms with E-state index in [-0.39, 0.29) is 6.04 Å². The standard InChI is InChI=1S/C13H16BrClN4/c1-3-19-8-17-18-13(19)7-16-9(2)11-5-4-10(14)6-12(11)15/h4-6,8-9,16H,3,7H2,1-2H3. The summed E-state index contributed by atoms with van der Waals surface area (Å²) >= 11 is 9.65. The van der Waals surface area contributed by atoms with Crippen LogP contribution in [0.3, 0.4) is 0 Å². The Morgan fingerprint density at radius 2 is 2.26 bits per heavy atom. The van der Waals surface area contributed by atoms with Crippen LogP contribution in [-0.2, 0) is 13.1 Å². The molecule has 1 aromatic heterocycles. The van der Waals surface area contributed by atoms with E-state index < -0.39 is 0 Å². The topological polar surface area (TPSA) is 42.7 Å². The van der Waals surface area contributed by atoms with E-state index in [0.29, 0.717) is 6.54 Å². The second kappa shape index (κ2) is 6.50. The molecule has 0 aliphatic rings. The molecule has 0 bridgehead atoms. The third kappa shape index (κ3) is 3.55. The molecule has 0 spiro atoms. The molecule has 1 aromatic carbocycles. The highest BCUT2D eigenvalue weighted by molar-refractivity contribution is 9.10. The van der Waals surface area contributed by atoms with Crippen molar-refractivity contribution < 1.29 is 0 Å². The Morgan fingerprint density at radius 1 is 1.47 bits per heavy atom. The van der Waals surface area contributed by atoms with Crippen LogP contribution in [-0.4, -0.2) is 14.8 Å². The van der Waals surface area contributed by atoms with Gasteiger partial charge in [0.15, 0.2) is 0 Å². The number of nitrogens with one attached hydrogen (secondary N) is 1. The molecule has 102 valence electrons. The summed E-state index contributed by atoms with van der Waals surface area (Å²) in [6.07, 6.45) is 1.74. The Hall–Kier alpha value is -0.910. The van der Waals surface area contributed by atoms with E-state index in [1.54, 1.807) is 6.33 Å². The Balaban J connectivity index is 2.03. The van der Waals surface area contributed by atoms with E-state index in [1.807, 2.05) is 22.8 Å². The van der Waals surface area contributed by atoms with Crippen LogP contribution >= 0.6 is 27.5 Å². The average Bonchev–Trinajstić information content (AvgIpc) is 2.83. The minimum Gasteiger partial charge on any atom is -0.317 e. The van der Waals surface area contributed by atoms with Crippen LogP contribution < -0.4 is 5.32 Å². The molecule has 0 saturated carbocycles. The van der Waals surface area contributed by atoms with Crippen molar-refractivity contribution >= 4 is 27.5 Å². The predicted octanol–water partition coefficient (Wildman–Crippen LogP) is 3.56. The molecule has 2 aromatic rings. The van der Waals surface area contributed by atoms with Gasteiger partial charge in [-0.15, -0.1) is 10.2 Å². The lowest BCUT2D eigenvalue weighted by molar-refractivity contribution is 0.539. The zero-order valence-corrected chi connectivity index (χ0v) is 13.2. The van der Waals surface area contributed by atoms with Gasteiger partial charge in [-0.3, -0.25) is 0 Å². The SMILES string of the molecule is CCn1cnnc1CNC(C)c1ccc(Br)cc1Cl. The van der Waals surface area contributed by atoms with Crippen molar-refractivity contribution in [2.75, 3.05) is 0 Å². The molecule has 0 saturated heterocycles. The smallest absolute Gasteiger partial charge is 0.146 e. The Labute approximate surface area is 126 Å². The number of benzene rings is 1. The molecule has 0 radical (unpaired) electrons. The first kappa shape index (κ1) is 14.5.